The van der Waals surface area contributed by atoms with Gasteiger partial charge in [0.1, 0.15) is 12.7 Å². The van der Waals surface area contributed by atoms with Gasteiger partial charge in [-0.25, -0.2) is 9.78 Å². The molecule has 7 nitrogen and oxygen atoms in total. The van der Waals surface area contributed by atoms with Gasteiger partial charge in [0.25, 0.3) is 0 Å². The van der Waals surface area contributed by atoms with Crippen molar-refractivity contribution >= 4 is 0 Å². The molecule has 0 radical (unpaired) electrons. The van der Waals surface area contributed by atoms with Crippen molar-refractivity contribution in [2.24, 2.45) is 0 Å². The van der Waals surface area contributed by atoms with Gasteiger partial charge in [-0.3, -0.25) is 4.90 Å². The summed E-state index contributed by atoms with van der Waals surface area (Å²) < 4.78 is 22.7. The molecule has 1 heterocycles. The van der Waals surface area contributed by atoms with E-state index in [2.05, 4.69) is 32.6 Å². The lowest BCUT2D eigenvalue weighted by Crippen LogP contribution is -2.38. The highest BCUT2D eigenvalue weighted by Crippen LogP contribution is 2.17. The van der Waals surface area contributed by atoms with E-state index >= 15 is 0 Å². The van der Waals surface area contributed by atoms with Crippen molar-refractivity contribution in [3.8, 4) is 0 Å². The maximum absolute atomic E-state index is 5.90. The van der Waals surface area contributed by atoms with Crippen LogP contribution in [-0.2, 0) is 28.7 Å². The van der Waals surface area contributed by atoms with E-state index in [4.69, 9.17) is 28.7 Å². The van der Waals surface area contributed by atoms with Crippen LogP contribution in [-0.4, -0.2) is 89.1 Å². The number of unbranched alkanes of at least 4 members (excludes halogenated alkanes) is 4. The topological polar surface area (TPSA) is 58.6 Å². The van der Waals surface area contributed by atoms with Gasteiger partial charge >= 0.3 is 0 Å². The Morgan fingerprint density at radius 1 is 0.800 bits per heavy atom. The van der Waals surface area contributed by atoms with Crippen LogP contribution in [0, 0.1) is 0 Å². The molecule has 2 unspecified atom stereocenters. The predicted octanol–water partition coefficient (Wildman–Crippen LogP) is 6.04. The quantitative estimate of drug-likeness (QED) is 0.0900. The third-order valence-electron chi connectivity index (χ3n) is 6.04. The molecule has 0 spiro atoms. The second-order valence-corrected chi connectivity index (χ2v) is 9.21. The maximum atomic E-state index is 5.90. The van der Waals surface area contributed by atoms with Gasteiger partial charge in [0.15, 0.2) is 0 Å². The Balaban J connectivity index is 0.00000562. The molecule has 35 heavy (non-hydrogen) atoms. The van der Waals surface area contributed by atoms with Crippen LogP contribution in [0.2, 0.25) is 0 Å². The van der Waals surface area contributed by atoms with Gasteiger partial charge in [0.2, 0.25) is 0 Å². The van der Waals surface area contributed by atoms with Gasteiger partial charge < -0.3 is 18.9 Å². The lowest BCUT2D eigenvalue weighted by Gasteiger charge is -2.26. The van der Waals surface area contributed by atoms with Crippen LogP contribution < -0.4 is 0 Å². The number of ether oxygens (including phenoxy) is 4. The number of hydrogen-bond acceptors (Lipinski definition) is 7. The minimum atomic E-state index is -0.0698. The summed E-state index contributed by atoms with van der Waals surface area (Å²) in [6.07, 6.45) is 11.2. The second kappa shape index (κ2) is 26.8. The summed E-state index contributed by atoms with van der Waals surface area (Å²) in [5, 5.41) is 0. The van der Waals surface area contributed by atoms with Crippen molar-refractivity contribution in [2.45, 2.75) is 118 Å². The monoisotopic (exact) mass is 505 g/mol. The Bertz CT molecular complexity index is 415. The fraction of sp³-hybridized carbons (Fsp3) is 1.00. The Morgan fingerprint density at radius 2 is 1.49 bits per heavy atom. The number of likely N-dealkylation sites (tertiary alicyclic amines) is 1. The van der Waals surface area contributed by atoms with Gasteiger partial charge in [-0.2, -0.15) is 0 Å². The predicted molar refractivity (Wildman–Crippen MR) is 144 cm³/mol. The van der Waals surface area contributed by atoms with Crippen molar-refractivity contribution in [3.05, 3.63) is 0 Å². The van der Waals surface area contributed by atoms with Crippen LogP contribution in [0.1, 0.15) is 99.3 Å². The third-order valence-corrected chi connectivity index (χ3v) is 6.04. The molecule has 1 fully saturated rings. The van der Waals surface area contributed by atoms with E-state index in [-0.39, 0.29) is 6.10 Å². The number of rotatable bonds is 24. The zero-order valence-electron chi connectivity index (χ0n) is 24.1. The molecule has 0 N–H and O–H groups in total. The van der Waals surface area contributed by atoms with Gasteiger partial charge in [0.05, 0.1) is 45.7 Å². The summed E-state index contributed by atoms with van der Waals surface area (Å²) in [5.74, 6) is 0. The third kappa shape index (κ3) is 21.5. The minimum Gasteiger partial charge on any atom is -0.379 e. The van der Waals surface area contributed by atoms with Gasteiger partial charge in [-0.1, -0.05) is 59.8 Å². The summed E-state index contributed by atoms with van der Waals surface area (Å²) in [7, 11) is 0. The molecular formula is C28H59NO6. The fourth-order valence-electron chi connectivity index (χ4n) is 4.02. The minimum absolute atomic E-state index is 0.0698. The molecular weight excluding hydrogens is 446 g/mol. The summed E-state index contributed by atoms with van der Waals surface area (Å²) >= 11 is 0. The second-order valence-electron chi connectivity index (χ2n) is 9.21. The molecule has 0 aromatic carbocycles. The lowest BCUT2D eigenvalue weighted by molar-refractivity contribution is -0.335. The van der Waals surface area contributed by atoms with Crippen molar-refractivity contribution in [1.29, 1.82) is 0 Å². The average Bonchev–Trinajstić information content (AvgIpc) is 3.27. The molecule has 0 aromatic rings. The summed E-state index contributed by atoms with van der Waals surface area (Å²) in [5.41, 5.74) is 0. The molecule has 0 aromatic heterocycles. The van der Waals surface area contributed by atoms with Crippen molar-refractivity contribution < 1.29 is 28.7 Å². The van der Waals surface area contributed by atoms with Crippen LogP contribution >= 0.6 is 0 Å². The largest absolute Gasteiger partial charge is 0.379 e. The molecule has 0 bridgehead atoms. The Labute approximate surface area is 217 Å². The van der Waals surface area contributed by atoms with Crippen LogP contribution in [0.4, 0.5) is 0 Å². The zero-order chi connectivity index (χ0) is 26.0. The number of hydrogen-bond donors (Lipinski definition) is 0. The van der Waals surface area contributed by atoms with Crippen molar-refractivity contribution in [1.82, 2.24) is 4.90 Å². The van der Waals surface area contributed by atoms with Crippen LogP contribution in [0.15, 0.2) is 0 Å². The smallest absolute Gasteiger partial charge is 0.129 e. The zero-order valence-corrected chi connectivity index (χ0v) is 24.1. The van der Waals surface area contributed by atoms with Gasteiger partial charge in [0, 0.05) is 19.2 Å². The molecule has 1 saturated heterocycles. The first-order chi connectivity index (χ1) is 17.2. The molecule has 0 saturated carbocycles. The van der Waals surface area contributed by atoms with E-state index in [1.54, 1.807) is 0 Å². The van der Waals surface area contributed by atoms with Gasteiger partial charge in [-0.05, 0) is 46.1 Å². The molecule has 7 heteroatoms. The Hall–Kier alpha value is -0.280. The van der Waals surface area contributed by atoms with Crippen LogP contribution in [0.25, 0.3) is 0 Å². The molecule has 0 amide bonds. The molecule has 1 rings (SSSR count). The molecule has 3 atom stereocenters. The lowest BCUT2D eigenvalue weighted by atomic mass is 10.2. The first-order valence-electron chi connectivity index (χ1n) is 14.5. The Morgan fingerprint density at radius 3 is 2.14 bits per heavy atom. The summed E-state index contributed by atoms with van der Waals surface area (Å²) in [4.78, 5) is 13.6. The maximum Gasteiger partial charge on any atom is 0.129 e. The normalized spacial score (nSPS) is 17.8. The Kier molecular flexibility index (Phi) is 26.6. The van der Waals surface area contributed by atoms with Crippen molar-refractivity contribution in [3.63, 3.8) is 0 Å². The molecule has 1 aliphatic rings. The highest BCUT2D eigenvalue weighted by molar-refractivity contribution is 4.77. The van der Waals surface area contributed by atoms with Crippen LogP contribution in [0.3, 0.4) is 0 Å². The molecule has 1 aliphatic heterocycles. The summed E-state index contributed by atoms with van der Waals surface area (Å²) in [6, 6.07) is 0.605. The van der Waals surface area contributed by atoms with Gasteiger partial charge in [-0.15, -0.1) is 0 Å². The first-order valence-corrected chi connectivity index (χ1v) is 14.5. The average molecular weight is 506 g/mol. The van der Waals surface area contributed by atoms with E-state index in [0.717, 1.165) is 39.0 Å². The first kappa shape index (κ1) is 34.7. The van der Waals surface area contributed by atoms with Crippen LogP contribution in [0.5, 0.6) is 0 Å². The number of nitrogens with zero attached hydrogens (tertiary/aromatic N) is 1. The fourth-order valence-corrected chi connectivity index (χ4v) is 4.02. The van der Waals surface area contributed by atoms with E-state index < -0.39 is 0 Å². The molecule has 0 aliphatic carbocycles. The van der Waals surface area contributed by atoms with E-state index in [1.807, 2.05) is 13.8 Å². The van der Waals surface area contributed by atoms with Crippen molar-refractivity contribution in [2.75, 3.05) is 65.9 Å². The highest BCUT2D eigenvalue weighted by Gasteiger charge is 2.24. The van der Waals surface area contributed by atoms with E-state index in [1.165, 1.54) is 38.5 Å². The standard InChI is InChI=1S/C26H53NO6.C2H6/c1-5-7-8-9-10-15-30-23-26(22-27-14-11-13-24(27)3)33-32-21-19-29-17-16-28-18-20-31-25(4)12-6-2;1-2/h24-26H,5-23H2,1-4H3;1-2H3/t24?,25-,26?;/m1./s1. The highest BCUT2D eigenvalue weighted by atomic mass is 17.2. The van der Waals surface area contributed by atoms with E-state index in [9.17, 15) is 0 Å². The van der Waals surface area contributed by atoms with E-state index in [0.29, 0.717) is 58.4 Å². The molecule has 212 valence electrons. The summed E-state index contributed by atoms with van der Waals surface area (Å²) in [6.45, 7) is 19.4. The SMILES string of the molecule is CC.CCCCCCCOCC(CN1CCCC1C)OOCCOCCOCCO[C@H](C)CCC.